The third-order valence-corrected chi connectivity index (χ3v) is 5.80. The van der Waals surface area contributed by atoms with Crippen LogP contribution in [0.25, 0.3) is 0 Å². The van der Waals surface area contributed by atoms with Crippen molar-refractivity contribution in [2.75, 3.05) is 26.2 Å². The van der Waals surface area contributed by atoms with Gasteiger partial charge < -0.3 is 20.6 Å². The summed E-state index contributed by atoms with van der Waals surface area (Å²) in [5, 5.41) is 12.8. The summed E-state index contributed by atoms with van der Waals surface area (Å²) >= 11 is 5.98. The number of hydrogen-bond donors (Lipinski definition) is 2. The third kappa shape index (κ3) is 4.81. The fourth-order valence-corrected chi connectivity index (χ4v) is 4.17. The van der Waals surface area contributed by atoms with Crippen molar-refractivity contribution in [3.63, 3.8) is 0 Å². The number of rotatable bonds is 4. The van der Waals surface area contributed by atoms with Crippen molar-refractivity contribution >= 4 is 17.6 Å². The van der Waals surface area contributed by atoms with Crippen LogP contribution in [-0.2, 0) is 11.2 Å². The average molecular weight is 381 g/mol. The molecule has 1 aromatic carbocycles. The molecule has 0 spiro atoms. The molecule has 144 valence electrons. The topological polar surface area (TPSA) is 74.3 Å². The average Bonchev–Trinajstić information content (AvgIpc) is 2.67. The number of benzene rings is 1. The van der Waals surface area contributed by atoms with Crippen LogP contribution in [0.2, 0.25) is 5.02 Å². The Hall–Kier alpha value is -1.50. The largest absolute Gasteiger partial charge is 0.408 e. The van der Waals surface area contributed by atoms with E-state index in [1.165, 1.54) is 5.56 Å². The molecule has 0 aliphatic carbocycles. The summed E-state index contributed by atoms with van der Waals surface area (Å²) in [6, 6.07) is 9.08. The standard InChI is InChI=1S/C19H29ClN4O2/c1-14-12-24(17-8-10-23(11-9-17)19(21)22-25)18(13-26-14)7-4-15-2-5-16(20)6-3-15/h2-3,5-6,14,17-18,25H,4,7-13H2,1H3,(H2,21,22)/t14-,18-/m0/s1. The van der Waals surface area contributed by atoms with Gasteiger partial charge in [0.1, 0.15) is 0 Å². The number of ether oxygens (including phenoxy) is 1. The smallest absolute Gasteiger partial charge is 0.233 e. The first-order chi connectivity index (χ1) is 12.6. The van der Waals surface area contributed by atoms with E-state index >= 15 is 0 Å². The first-order valence-corrected chi connectivity index (χ1v) is 9.79. The number of nitrogens with zero attached hydrogens (tertiary/aromatic N) is 3. The SMILES string of the molecule is C[C@H]1CN(C2CCN(C(N)=NO)CC2)[C@@H](CCc2ccc(Cl)cc2)CO1. The predicted molar refractivity (Wildman–Crippen MR) is 104 cm³/mol. The maximum atomic E-state index is 8.86. The number of piperidine rings is 1. The lowest BCUT2D eigenvalue weighted by atomic mass is 9.96. The maximum absolute atomic E-state index is 8.86. The van der Waals surface area contributed by atoms with Crippen LogP contribution >= 0.6 is 11.6 Å². The molecule has 0 aromatic heterocycles. The van der Waals surface area contributed by atoms with E-state index in [2.05, 4.69) is 29.1 Å². The predicted octanol–water partition coefficient (Wildman–Crippen LogP) is 2.53. The van der Waals surface area contributed by atoms with Crippen molar-refractivity contribution in [3.8, 4) is 0 Å². The van der Waals surface area contributed by atoms with Crippen LogP contribution < -0.4 is 5.73 Å². The molecular weight excluding hydrogens is 352 g/mol. The molecule has 7 heteroatoms. The number of hydrogen-bond acceptors (Lipinski definition) is 4. The number of likely N-dealkylation sites (tertiary alicyclic amines) is 1. The molecule has 0 radical (unpaired) electrons. The second-order valence-corrected chi connectivity index (χ2v) is 7.77. The lowest BCUT2D eigenvalue weighted by molar-refractivity contribution is -0.0800. The van der Waals surface area contributed by atoms with Gasteiger partial charge in [0, 0.05) is 36.7 Å². The van der Waals surface area contributed by atoms with Crippen molar-refractivity contribution in [1.29, 1.82) is 0 Å². The zero-order valence-corrected chi connectivity index (χ0v) is 16.1. The molecule has 0 amide bonds. The Morgan fingerprint density at radius 2 is 2.00 bits per heavy atom. The van der Waals surface area contributed by atoms with Gasteiger partial charge in [-0.25, -0.2) is 0 Å². The van der Waals surface area contributed by atoms with Crippen LogP contribution in [-0.4, -0.2) is 65.4 Å². The van der Waals surface area contributed by atoms with E-state index in [4.69, 9.17) is 27.3 Å². The van der Waals surface area contributed by atoms with Gasteiger partial charge in [0.15, 0.2) is 0 Å². The minimum atomic E-state index is 0.220. The van der Waals surface area contributed by atoms with Crippen LogP contribution in [0, 0.1) is 0 Å². The van der Waals surface area contributed by atoms with Gasteiger partial charge in [0.05, 0.1) is 12.7 Å². The number of oxime groups is 1. The van der Waals surface area contributed by atoms with Crippen molar-refractivity contribution < 1.29 is 9.94 Å². The number of aryl methyl sites for hydroxylation is 1. The van der Waals surface area contributed by atoms with Gasteiger partial charge in [-0.15, -0.1) is 0 Å². The molecule has 2 saturated heterocycles. The Morgan fingerprint density at radius 1 is 1.31 bits per heavy atom. The molecule has 2 aliphatic rings. The Morgan fingerprint density at radius 3 is 2.65 bits per heavy atom. The zero-order chi connectivity index (χ0) is 18.5. The number of guanidine groups is 1. The molecule has 0 unspecified atom stereocenters. The van der Waals surface area contributed by atoms with Crippen LogP contribution in [0.15, 0.2) is 29.4 Å². The summed E-state index contributed by atoms with van der Waals surface area (Å²) in [6.45, 7) is 5.56. The van der Waals surface area contributed by atoms with E-state index in [0.29, 0.717) is 12.1 Å². The molecular formula is C19H29ClN4O2. The van der Waals surface area contributed by atoms with Gasteiger partial charge in [0.25, 0.3) is 0 Å². The van der Waals surface area contributed by atoms with E-state index in [0.717, 1.165) is 56.9 Å². The highest BCUT2D eigenvalue weighted by Crippen LogP contribution is 2.25. The van der Waals surface area contributed by atoms with Gasteiger partial charge in [-0.2, -0.15) is 0 Å². The van der Waals surface area contributed by atoms with Crippen molar-refractivity contribution in [2.45, 2.75) is 50.8 Å². The van der Waals surface area contributed by atoms with Gasteiger partial charge >= 0.3 is 0 Å². The zero-order valence-electron chi connectivity index (χ0n) is 15.4. The number of morpholine rings is 1. The number of halogens is 1. The summed E-state index contributed by atoms with van der Waals surface area (Å²) in [4.78, 5) is 4.58. The molecule has 2 aliphatic heterocycles. The van der Waals surface area contributed by atoms with E-state index in [1.807, 2.05) is 17.0 Å². The Labute approximate surface area is 160 Å². The number of nitrogens with two attached hydrogens (primary N) is 1. The Bertz CT molecular complexity index is 602. The molecule has 6 nitrogen and oxygen atoms in total. The first kappa shape index (κ1) is 19.3. The Kier molecular flexibility index (Phi) is 6.62. The minimum absolute atomic E-state index is 0.220. The normalized spacial score (nSPS) is 26.2. The monoisotopic (exact) mass is 380 g/mol. The highest BCUT2D eigenvalue weighted by atomic mass is 35.5. The third-order valence-electron chi connectivity index (χ3n) is 5.55. The second-order valence-electron chi connectivity index (χ2n) is 7.34. The molecule has 0 saturated carbocycles. The summed E-state index contributed by atoms with van der Waals surface area (Å²) in [5.74, 6) is 0.220. The highest BCUT2D eigenvalue weighted by Gasteiger charge is 2.34. The van der Waals surface area contributed by atoms with Crippen molar-refractivity contribution in [1.82, 2.24) is 9.80 Å². The van der Waals surface area contributed by atoms with E-state index < -0.39 is 0 Å². The molecule has 1 aromatic rings. The maximum Gasteiger partial charge on any atom is 0.233 e. The molecule has 3 N–H and O–H groups in total. The van der Waals surface area contributed by atoms with Crippen molar-refractivity contribution in [3.05, 3.63) is 34.9 Å². The molecule has 3 rings (SSSR count). The molecule has 2 atom stereocenters. The van der Waals surface area contributed by atoms with Crippen LogP contribution in [0.5, 0.6) is 0 Å². The first-order valence-electron chi connectivity index (χ1n) is 9.41. The summed E-state index contributed by atoms with van der Waals surface area (Å²) < 4.78 is 5.95. The lowest BCUT2D eigenvalue weighted by Gasteiger charge is -2.46. The lowest BCUT2D eigenvalue weighted by Crippen LogP contribution is -2.57. The van der Waals surface area contributed by atoms with E-state index in [1.54, 1.807) is 0 Å². The Balaban J connectivity index is 1.58. The molecule has 2 heterocycles. The van der Waals surface area contributed by atoms with Crippen LogP contribution in [0.3, 0.4) is 0 Å². The molecule has 26 heavy (non-hydrogen) atoms. The van der Waals surface area contributed by atoms with Gasteiger partial charge in [0.2, 0.25) is 5.96 Å². The highest BCUT2D eigenvalue weighted by molar-refractivity contribution is 6.30. The summed E-state index contributed by atoms with van der Waals surface area (Å²) in [5.41, 5.74) is 7.04. The molecule has 0 bridgehead atoms. The fourth-order valence-electron chi connectivity index (χ4n) is 4.04. The van der Waals surface area contributed by atoms with E-state index in [-0.39, 0.29) is 12.1 Å². The summed E-state index contributed by atoms with van der Waals surface area (Å²) in [6.07, 6.45) is 4.43. The van der Waals surface area contributed by atoms with Crippen LogP contribution in [0.4, 0.5) is 0 Å². The summed E-state index contributed by atoms with van der Waals surface area (Å²) in [7, 11) is 0. The van der Waals surface area contributed by atoms with Gasteiger partial charge in [-0.05, 0) is 50.3 Å². The second kappa shape index (κ2) is 8.93. The quantitative estimate of drug-likeness (QED) is 0.363. The molecule has 2 fully saturated rings. The van der Waals surface area contributed by atoms with Crippen molar-refractivity contribution in [2.24, 2.45) is 10.9 Å². The van der Waals surface area contributed by atoms with Gasteiger partial charge in [-0.1, -0.05) is 28.9 Å². The van der Waals surface area contributed by atoms with Crippen LogP contribution in [0.1, 0.15) is 31.7 Å². The van der Waals surface area contributed by atoms with Gasteiger partial charge in [-0.3, -0.25) is 4.90 Å². The van der Waals surface area contributed by atoms with E-state index in [9.17, 15) is 0 Å². The fraction of sp³-hybridized carbons (Fsp3) is 0.632. The minimum Gasteiger partial charge on any atom is -0.408 e.